The summed E-state index contributed by atoms with van der Waals surface area (Å²) < 4.78 is 0.993. The van der Waals surface area contributed by atoms with Crippen molar-refractivity contribution in [2.24, 2.45) is 5.92 Å². The number of hydrogen-bond acceptors (Lipinski definition) is 2. The summed E-state index contributed by atoms with van der Waals surface area (Å²) in [6.45, 7) is 5.60. The van der Waals surface area contributed by atoms with Gasteiger partial charge in [0, 0.05) is 10.5 Å². The third-order valence-electron chi connectivity index (χ3n) is 3.78. The lowest BCUT2D eigenvalue weighted by atomic mass is 9.93. The van der Waals surface area contributed by atoms with Crippen molar-refractivity contribution in [3.63, 3.8) is 0 Å². The van der Waals surface area contributed by atoms with Gasteiger partial charge in [-0.25, -0.2) is 0 Å². The molecule has 18 heavy (non-hydrogen) atoms. The maximum absolute atomic E-state index is 6.08. The predicted molar refractivity (Wildman–Crippen MR) is 81.2 cm³/mol. The number of nitrogens with zero attached hydrogens (tertiary/aromatic N) is 1. The summed E-state index contributed by atoms with van der Waals surface area (Å²) in [5.41, 5.74) is 1.37. The van der Waals surface area contributed by atoms with E-state index in [2.05, 4.69) is 45.2 Å². The van der Waals surface area contributed by atoms with E-state index in [9.17, 15) is 0 Å². The van der Waals surface area contributed by atoms with E-state index < -0.39 is 0 Å². The Morgan fingerprint density at radius 2 is 2.28 bits per heavy atom. The van der Waals surface area contributed by atoms with Gasteiger partial charge < -0.3 is 5.32 Å². The summed E-state index contributed by atoms with van der Waals surface area (Å²) >= 11 is 9.61. The molecule has 1 saturated heterocycles. The second-order valence-electron chi connectivity index (χ2n) is 4.85. The number of hydrogen-bond donors (Lipinski definition) is 1. The molecule has 2 rings (SSSR count). The summed E-state index contributed by atoms with van der Waals surface area (Å²) in [6.07, 6.45) is 1.26. The molecule has 1 aliphatic rings. The Balaban J connectivity index is 2.28. The van der Waals surface area contributed by atoms with Crippen molar-refractivity contribution < 1.29 is 0 Å². The van der Waals surface area contributed by atoms with Gasteiger partial charge in [-0.1, -0.05) is 24.6 Å². The molecule has 1 heterocycles. The van der Waals surface area contributed by atoms with Crippen LogP contribution in [0.15, 0.2) is 22.7 Å². The van der Waals surface area contributed by atoms with Gasteiger partial charge in [-0.2, -0.15) is 0 Å². The van der Waals surface area contributed by atoms with Crippen LogP contribution in [-0.4, -0.2) is 31.6 Å². The molecular formula is C14H20BrClN2. The zero-order chi connectivity index (χ0) is 13.1. The lowest BCUT2D eigenvalue weighted by Crippen LogP contribution is -2.29. The highest BCUT2D eigenvalue weighted by Gasteiger charge is 2.33. The van der Waals surface area contributed by atoms with Crippen LogP contribution in [0.4, 0.5) is 0 Å². The van der Waals surface area contributed by atoms with Gasteiger partial charge in [0.05, 0.1) is 5.02 Å². The van der Waals surface area contributed by atoms with Gasteiger partial charge in [0.15, 0.2) is 0 Å². The van der Waals surface area contributed by atoms with E-state index >= 15 is 0 Å². The standard InChI is InChI=1S/C14H20BrClN2/c1-3-18-7-6-11(9-17-2)14(18)10-4-5-13(16)12(15)8-10/h4-5,8,11,14,17H,3,6-7,9H2,1-2H3. The van der Waals surface area contributed by atoms with Crippen molar-refractivity contribution in [1.29, 1.82) is 0 Å². The van der Waals surface area contributed by atoms with Gasteiger partial charge in [0.25, 0.3) is 0 Å². The van der Waals surface area contributed by atoms with Gasteiger partial charge in [-0.15, -0.1) is 0 Å². The fraction of sp³-hybridized carbons (Fsp3) is 0.571. The van der Waals surface area contributed by atoms with Crippen molar-refractivity contribution in [1.82, 2.24) is 10.2 Å². The largest absolute Gasteiger partial charge is 0.319 e. The van der Waals surface area contributed by atoms with Crippen LogP contribution in [0.5, 0.6) is 0 Å². The van der Waals surface area contributed by atoms with Gasteiger partial charge in [-0.05, 0) is 72.6 Å². The minimum atomic E-state index is 0.510. The molecule has 100 valence electrons. The van der Waals surface area contributed by atoms with E-state index in [1.807, 2.05) is 13.1 Å². The van der Waals surface area contributed by atoms with Crippen molar-refractivity contribution in [2.75, 3.05) is 26.7 Å². The van der Waals surface area contributed by atoms with Crippen molar-refractivity contribution in [3.8, 4) is 0 Å². The topological polar surface area (TPSA) is 15.3 Å². The molecule has 0 saturated carbocycles. The molecule has 0 spiro atoms. The van der Waals surface area contributed by atoms with Crippen LogP contribution >= 0.6 is 27.5 Å². The Kier molecular flexibility index (Phi) is 5.07. The van der Waals surface area contributed by atoms with E-state index in [0.717, 1.165) is 22.6 Å². The first-order valence-electron chi connectivity index (χ1n) is 6.51. The van der Waals surface area contributed by atoms with Crippen LogP contribution in [0, 0.1) is 5.92 Å². The zero-order valence-corrected chi connectivity index (χ0v) is 13.3. The van der Waals surface area contributed by atoms with Gasteiger partial charge in [0.2, 0.25) is 0 Å². The average Bonchev–Trinajstić information content (AvgIpc) is 2.76. The summed E-state index contributed by atoms with van der Waals surface area (Å²) in [5.74, 6) is 0.683. The monoisotopic (exact) mass is 330 g/mol. The summed E-state index contributed by atoms with van der Waals surface area (Å²) in [7, 11) is 2.03. The molecule has 4 heteroatoms. The molecule has 0 aromatic heterocycles. The second-order valence-corrected chi connectivity index (χ2v) is 6.11. The minimum Gasteiger partial charge on any atom is -0.319 e. The maximum atomic E-state index is 6.08. The Hall–Kier alpha value is -0.0900. The van der Waals surface area contributed by atoms with Crippen molar-refractivity contribution in [3.05, 3.63) is 33.3 Å². The van der Waals surface area contributed by atoms with Crippen LogP contribution in [0.2, 0.25) is 5.02 Å². The predicted octanol–water partition coefficient (Wildman–Crippen LogP) is 3.70. The molecule has 2 unspecified atom stereocenters. The van der Waals surface area contributed by atoms with Crippen molar-refractivity contribution >= 4 is 27.5 Å². The molecule has 2 atom stereocenters. The fourth-order valence-electron chi connectivity index (χ4n) is 2.94. The highest BCUT2D eigenvalue weighted by Crippen LogP contribution is 2.38. The Morgan fingerprint density at radius 1 is 1.50 bits per heavy atom. The van der Waals surface area contributed by atoms with Gasteiger partial charge in [-0.3, -0.25) is 4.90 Å². The maximum Gasteiger partial charge on any atom is 0.0548 e. The molecule has 1 fully saturated rings. The van der Waals surface area contributed by atoms with E-state index in [1.165, 1.54) is 18.5 Å². The fourth-order valence-corrected chi connectivity index (χ4v) is 3.45. The van der Waals surface area contributed by atoms with E-state index in [-0.39, 0.29) is 0 Å². The number of halogens is 2. The second kappa shape index (κ2) is 6.38. The number of nitrogens with one attached hydrogen (secondary N) is 1. The molecule has 1 aliphatic heterocycles. The molecular weight excluding hydrogens is 312 g/mol. The Bertz CT molecular complexity index is 411. The molecule has 1 N–H and O–H groups in total. The smallest absolute Gasteiger partial charge is 0.0548 e. The highest BCUT2D eigenvalue weighted by molar-refractivity contribution is 9.10. The Labute approximate surface area is 123 Å². The summed E-state index contributed by atoms with van der Waals surface area (Å²) in [5, 5.41) is 4.10. The number of benzene rings is 1. The lowest BCUT2D eigenvalue weighted by Gasteiger charge is -2.28. The molecule has 0 radical (unpaired) electrons. The van der Waals surface area contributed by atoms with E-state index in [0.29, 0.717) is 12.0 Å². The lowest BCUT2D eigenvalue weighted by molar-refractivity contribution is 0.238. The molecule has 0 bridgehead atoms. The molecule has 0 aliphatic carbocycles. The minimum absolute atomic E-state index is 0.510. The van der Waals surface area contributed by atoms with Crippen LogP contribution < -0.4 is 5.32 Å². The Morgan fingerprint density at radius 3 is 2.89 bits per heavy atom. The van der Waals surface area contributed by atoms with E-state index in [1.54, 1.807) is 0 Å². The van der Waals surface area contributed by atoms with Crippen LogP contribution in [0.3, 0.4) is 0 Å². The quantitative estimate of drug-likeness (QED) is 0.905. The first kappa shape index (κ1) is 14.3. The van der Waals surface area contributed by atoms with E-state index in [4.69, 9.17) is 11.6 Å². The summed E-state index contributed by atoms with van der Waals surface area (Å²) in [6, 6.07) is 6.83. The number of rotatable bonds is 4. The SMILES string of the molecule is CCN1CCC(CNC)C1c1ccc(Cl)c(Br)c1. The van der Waals surface area contributed by atoms with Gasteiger partial charge in [0.1, 0.15) is 0 Å². The van der Waals surface area contributed by atoms with Crippen LogP contribution in [-0.2, 0) is 0 Å². The molecule has 2 nitrogen and oxygen atoms in total. The molecule has 0 amide bonds. The van der Waals surface area contributed by atoms with Crippen LogP contribution in [0.1, 0.15) is 24.9 Å². The molecule has 1 aromatic carbocycles. The van der Waals surface area contributed by atoms with Gasteiger partial charge >= 0.3 is 0 Å². The number of likely N-dealkylation sites (tertiary alicyclic amines) is 1. The first-order valence-corrected chi connectivity index (χ1v) is 7.68. The average molecular weight is 332 g/mol. The third-order valence-corrected chi connectivity index (χ3v) is 5.00. The first-order chi connectivity index (χ1) is 8.67. The zero-order valence-electron chi connectivity index (χ0n) is 10.9. The normalized spacial score (nSPS) is 24.7. The third kappa shape index (κ3) is 2.90. The summed E-state index contributed by atoms with van der Waals surface area (Å²) in [4.78, 5) is 2.55. The van der Waals surface area contributed by atoms with Crippen molar-refractivity contribution in [2.45, 2.75) is 19.4 Å². The molecule has 1 aromatic rings. The van der Waals surface area contributed by atoms with Crippen LogP contribution in [0.25, 0.3) is 0 Å². The highest BCUT2D eigenvalue weighted by atomic mass is 79.9.